The molecular formula is C14H22N2O3. The van der Waals surface area contributed by atoms with Gasteiger partial charge in [0.05, 0.1) is 17.9 Å². The molecule has 0 amide bonds. The van der Waals surface area contributed by atoms with Crippen molar-refractivity contribution in [3.63, 3.8) is 0 Å². The fourth-order valence-electron chi connectivity index (χ4n) is 1.62. The summed E-state index contributed by atoms with van der Waals surface area (Å²) < 4.78 is 5.44. The largest absolute Gasteiger partial charge is 0.478 e. The summed E-state index contributed by atoms with van der Waals surface area (Å²) >= 11 is 0. The number of hydrogen-bond acceptors (Lipinski definition) is 4. The molecular weight excluding hydrogens is 244 g/mol. The third-order valence-corrected chi connectivity index (χ3v) is 2.92. The highest BCUT2D eigenvalue weighted by molar-refractivity contribution is 5.87. The van der Waals surface area contributed by atoms with Crippen LogP contribution in [0, 0.1) is 5.92 Å². The van der Waals surface area contributed by atoms with Gasteiger partial charge in [-0.25, -0.2) is 4.79 Å². The molecule has 2 N–H and O–H groups in total. The van der Waals surface area contributed by atoms with Crippen molar-refractivity contribution in [2.45, 2.75) is 33.4 Å². The van der Waals surface area contributed by atoms with Crippen LogP contribution in [0.5, 0.6) is 0 Å². The third-order valence-electron chi connectivity index (χ3n) is 2.92. The topological polar surface area (TPSA) is 71.5 Å². The zero-order chi connectivity index (χ0) is 14.3. The smallest absolute Gasteiger partial charge is 0.337 e. The Hall–Kier alpha value is -1.46. The van der Waals surface area contributed by atoms with Crippen LogP contribution in [0.4, 0.5) is 0 Å². The van der Waals surface area contributed by atoms with E-state index in [9.17, 15) is 4.79 Å². The van der Waals surface area contributed by atoms with Crippen molar-refractivity contribution in [1.29, 1.82) is 0 Å². The monoisotopic (exact) mass is 266 g/mol. The van der Waals surface area contributed by atoms with Crippen LogP contribution in [0.25, 0.3) is 0 Å². The molecule has 0 spiro atoms. The standard InChI is InChI=1S/C14H22N2O3/c1-4-19-9-13(10(2)3)16-8-12-6-5-11(7-15-12)14(17)18/h5-7,10,13,16H,4,8-9H2,1-3H3,(H,17,18). The van der Waals surface area contributed by atoms with E-state index in [4.69, 9.17) is 9.84 Å². The second-order valence-corrected chi connectivity index (χ2v) is 4.73. The molecule has 0 saturated carbocycles. The molecule has 0 fully saturated rings. The van der Waals surface area contributed by atoms with Gasteiger partial charge in [0.2, 0.25) is 0 Å². The Balaban J connectivity index is 2.51. The molecule has 1 atom stereocenters. The van der Waals surface area contributed by atoms with Gasteiger partial charge in [-0.2, -0.15) is 0 Å². The number of rotatable bonds is 8. The van der Waals surface area contributed by atoms with Crippen molar-refractivity contribution in [2.75, 3.05) is 13.2 Å². The van der Waals surface area contributed by atoms with E-state index in [2.05, 4.69) is 24.1 Å². The third kappa shape index (κ3) is 5.36. The van der Waals surface area contributed by atoms with E-state index >= 15 is 0 Å². The average molecular weight is 266 g/mol. The number of nitrogens with zero attached hydrogens (tertiary/aromatic N) is 1. The quantitative estimate of drug-likeness (QED) is 0.752. The molecule has 0 radical (unpaired) electrons. The van der Waals surface area contributed by atoms with E-state index in [-0.39, 0.29) is 11.6 Å². The summed E-state index contributed by atoms with van der Waals surface area (Å²) in [4.78, 5) is 14.8. The molecule has 0 aromatic carbocycles. The SMILES string of the molecule is CCOCC(NCc1ccc(C(=O)O)cn1)C(C)C. The molecule has 0 saturated heterocycles. The zero-order valence-electron chi connectivity index (χ0n) is 11.7. The van der Waals surface area contributed by atoms with Gasteiger partial charge in [-0.05, 0) is 25.0 Å². The van der Waals surface area contributed by atoms with Crippen LogP contribution in [0.3, 0.4) is 0 Å². The highest BCUT2D eigenvalue weighted by Crippen LogP contribution is 2.05. The van der Waals surface area contributed by atoms with Crippen molar-refractivity contribution in [3.8, 4) is 0 Å². The lowest BCUT2D eigenvalue weighted by molar-refractivity contribution is 0.0696. The normalized spacial score (nSPS) is 12.6. The van der Waals surface area contributed by atoms with Crippen LogP contribution < -0.4 is 5.32 Å². The molecule has 1 unspecified atom stereocenters. The maximum absolute atomic E-state index is 10.7. The average Bonchev–Trinajstić information content (AvgIpc) is 2.39. The minimum atomic E-state index is -0.955. The van der Waals surface area contributed by atoms with Gasteiger partial charge in [-0.15, -0.1) is 0 Å². The molecule has 1 aromatic heterocycles. The van der Waals surface area contributed by atoms with Gasteiger partial charge in [0, 0.05) is 25.4 Å². The number of carboxylic acid groups (broad SMARTS) is 1. The molecule has 0 aliphatic carbocycles. The van der Waals surface area contributed by atoms with Crippen LogP contribution in [0.2, 0.25) is 0 Å². The molecule has 106 valence electrons. The van der Waals surface area contributed by atoms with E-state index in [1.807, 2.05) is 6.92 Å². The molecule has 0 bridgehead atoms. The maximum atomic E-state index is 10.7. The molecule has 19 heavy (non-hydrogen) atoms. The number of ether oxygens (including phenoxy) is 1. The van der Waals surface area contributed by atoms with Crippen molar-refractivity contribution in [1.82, 2.24) is 10.3 Å². The van der Waals surface area contributed by atoms with Gasteiger partial charge in [0.1, 0.15) is 0 Å². The first kappa shape index (κ1) is 15.6. The van der Waals surface area contributed by atoms with Gasteiger partial charge in [0.15, 0.2) is 0 Å². The summed E-state index contributed by atoms with van der Waals surface area (Å²) in [5.74, 6) is -0.492. The fourth-order valence-corrected chi connectivity index (χ4v) is 1.62. The van der Waals surface area contributed by atoms with Crippen molar-refractivity contribution in [2.24, 2.45) is 5.92 Å². The van der Waals surface area contributed by atoms with Crippen LogP contribution in [-0.4, -0.2) is 35.3 Å². The Morgan fingerprint density at radius 3 is 2.68 bits per heavy atom. The summed E-state index contributed by atoms with van der Waals surface area (Å²) in [7, 11) is 0. The summed E-state index contributed by atoms with van der Waals surface area (Å²) in [6.07, 6.45) is 1.38. The number of aromatic nitrogens is 1. The Bertz CT molecular complexity index is 390. The van der Waals surface area contributed by atoms with E-state index in [0.717, 1.165) is 5.69 Å². The molecule has 1 rings (SSSR count). The number of nitrogens with one attached hydrogen (secondary N) is 1. The lowest BCUT2D eigenvalue weighted by Crippen LogP contribution is -2.37. The highest BCUT2D eigenvalue weighted by Gasteiger charge is 2.13. The van der Waals surface area contributed by atoms with Crippen molar-refractivity contribution < 1.29 is 14.6 Å². The number of hydrogen-bond donors (Lipinski definition) is 2. The Kier molecular flexibility index (Phi) is 6.45. The predicted octanol–water partition coefficient (Wildman–Crippen LogP) is 1.93. The summed E-state index contributed by atoms with van der Waals surface area (Å²) in [6, 6.07) is 3.56. The molecule has 0 aliphatic heterocycles. The number of aromatic carboxylic acids is 1. The molecule has 5 nitrogen and oxygen atoms in total. The Morgan fingerprint density at radius 1 is 1.47 bits per heavy atom. The first-order chi connectivity index (χ1) is 9.04. The second-order valence-electron chi connectivity index (χ2n) is 4.73. The van der Waals surface area contributed by atoms with Crippen molar-refractivity contribution >= 4 is 5.97 Å². The van der Waals surface area contributed by atoms with E-state index in [1.54, 1.807) is 12.1 Å². The molecule has 5 heteroatoms. The minimum absolute atomic E-state index is 0.207. The number of carbonyl (C=O) groups is 1. The fraction of sp³-hybridized carbons (Fsp3) is 0.571. The Labute approximate surface area is 114 Å². The van der Waals surface area contributed by atoms with E-state index < -0.39 is 5.97 Å². The first-order valence-corrected chi connectivity index (χ1v) is 6.54. The zero-order valence-corrected chi connectivity index (χ0v) is 11.7. The van der Waals surface area contributed by atoms with Gasteiger partial charge in [0.25, 0.3) is 0 Å². The first-order valence-electron chi connectivity index (χ1n) is 6.54. The summed E-state index contributed by atoms with van der Waals surface area (Å²) in [5, 5.41) is 12.2. The highest BCUT2D eigenvalue weighted by atomic mass is 16.5. The van der Waals surface area contributed by atoms with Gasteiger partial charge in [-0.1, -0.05) is 13.8 Å². The van der Waals surface area contributed by atoms with Crippen molar-refractivity contribution in [3.05, 3.63) is 29.6 Å². The summed E-state index contributed by atoms with van der Waals surface area (Å²) in [6.45, 7) is 8.23. The van der Waals surface area contributed by atoms with Gasteiger partial charge in [-0.3, -0.25) is 4.98 Å². The second kappa shape index (κ2) is 7.86. The van der Waals surface area contributed by atoms with Crippen LogP contribution >= 0.6 is 0 Å². The van der Waals surface area contributed by atoms with E-state index in [1.165, 1.54) is 6.20 Å². The molecule has 1 aromatic rings. The maximum Gasteiger partial charge on any atom is 0.337 e. The summed E-state index contributed by atoms with van der Waals surface area (Å²) in [5.41, 5.74) is 1.03. The minimum Gasteiger partial charge on any atom is -0.478 e. The van der Waals surface area contributed by atoms with Crippen LogP contribution in [0.15, 0.2) is 18.3 Å². The lowest BCUT2D eigenvalue weighted by Gasteiger charge is -2.22. The predicted molar refractivity (Wildman–Crippen MR) is 73.2 cm³/mol. The molecule has 1 heterocycles. The van der Waals surface area contributed by atoms with Gasteiger partial charge >= 0.3 is 5.97 Å². The van der Waals surface area contributed by atoms with Gasteiger partial charge < -0.3 is 15.2 Å². The van der Waals surface area contributed by atoms with Crippen LogP contribution in [0.1, 0.15) is 36.8 Å². The van der Waals surface area contributed by atoms with E-state index in [0.29, 0.717) is 25.7 Å². The number of pyridine rings is 1. The number of carboxylic acids is 1. The van der Waals surface area contributed by atoms with Crippen LogP contribution in [-0.2, 0) is 11.3 Å². The molecule has 0 aliphatic rings. The lowest BCUT2D eigenvalue weighted by atomic mass is 10.1. The Morgan fingerprint density at radius 2 is 2.21 bits per heavy atom.